The van der Waals surface area contributed by atoms with Crippen LogP contribution in [0.4, 0.5) is 13.2 Å². The summed E-state index contributed by atoms with van der Waals surface area (Å²) in [6.45, 7) is 8.72. The van der Waals surface area contributed by atoms with Gasteiger partial charge in [0.15, 0.2) is 5.82 Å². The lowest BCUT2D eigenvalue weighted by Crippen LogP contribution is -2.38. The molecular weight excluding hydrogens is 561 g/mol. The van der Waals surface area contributed by atoms with Gasteiger partial charge in [-0.05, 0) is 66.5 Å². The Bertz CT molecular complexity index is 1470. The maximum atomic E-state index is 11.5. The minimum absolute atomic E-state index is 0.283. The molecule has 2 heterocycles. The minimum Gasteiger partial charge on any atom is -0.481 e. The van der Waals surface area contributed by atoms with Gasteiger partial charge in [0.2, 0.25) is 0 Å². The number of nitriles is 1. The highest BCUT2D eigenvalue weighted by Crippen LogP contribution is 2.29. The van der Waals surface area contributed by atoms with Gasteiger partial charge < -0.3 is 10.2 Å². The Morgan fingerprint density at radius 3 is 2.33 bits per heavy atom. The zero-order valence-electron chi connectivity index (χ0n) is 24.4. The van der Waals surface area contributed by atoms with E-state index in [-0.39, 0.29) is 5.92 Å². The van der Waals surface area contributed by atoms with Crippen LogP contribution in [0.3, 0.4) is 0 Å². The predicted octanol–water partition coefficient (Wildman–Crippen LogP) is 6.37. The summed E-state index contributed by atoms with van der Waals surface area (Å²) in [6, 6.07) is 14.5. The van der Waals surface area contributed by atoms with E-state index in [1.807, 2.05) is 30.6 Å². The highest BCUT2D eigenvalue weighted by Gasteiger charge is 2.38. The summed E-state index contributed by atoms with van der Waals surface area (Å²) in [5, 5.41) is 26.2. The van der Waals surface area contributed by atoms with Crippen LogP contribution in [0.15, 0.2) is 48.8 Å². The molecule has 0 bridgehead atoms. The molecule has 1 atom stereocenters. The molecule has 2 aromatic carbocycles. The van der Waals surface area contributed by atoms with Crippen LogP contribution < -0.4 is 0 Å². The lowest BCUT2D eigenvalue weighted by atomic mass is 9.93. The third-order valence-electron chi connectivity index (χ3n) is 7.20. The quantitative estimate of drug-likeness (QED) is 0.307. The summed E-state index contributed by atoms with van der Waals surface area (Å²) in [7, 11) is 0. The highest BCUT2D eigenvalue weighted by molar-refractivity contribution is 5.73. The fourth-order valence-corrected chi connectivity index (χ4v) is 5.17. The molecule has 0 saturated carbocycles. The van der Waals surface area contributed by atoms with Crippen LogP contribution in [0, 0.1) is 23.2 Å². The number of hydrogen-bond donors (Lipinski definition) is 2. The normalized spacial score (nSPS) is 15.3. The number of nitrogens with zero attached hydrogens (tertiary/aromatic N) is 4. The number of piperidine rings is 1. The van der Waals surface area contributed by atoms with Crippen molar-refractivity contribution in [2.24, 2.45) is 11.8 Å². The first-order valence-electron chi connectivity index (χ1n) is 14.1. The van der Waals surface area contributed by atoms with E-state index in [2.05, 4.69) is 59.9 Å². The molecule has 2 N–H and O–H groups in total. The van der Waals surface area contributed by atoms with E-state index in [9.17, 15) is 28.3 Å². The zero-order valence-corrected chi connectivity index (χ0v) is 24.4. The zero-order chi connectivity index (χ0) is 31.7. The number of rotatable bonds is 8. The molecule has 1 aromatic heterocycles. The molecule has 0 aliphatic carbocycles. The van der Waals surface area contributed by atoms with Gasteiger partial charge in [-0.2, -0.15) is 18.4 Å². The van der Waals surface area contributed by atoms with Gasteiger partial charge in [0, 0.05) is 36.6 Å². The van der Waals surface area contributed by atoms with Crippen LogP contribution in [0.2, 0.25) is 0 Å². The van der Waals surface area contributed by atoms with Crippen molar-refractivity contribution in [3.05, 3.63) is 71.0 Å². The Hall–Kier alpha value is -4.30. The van der Waals surface area contributed by atoms with E-state index in [1.165, 1.54) is 11.1 Å². The number of likely N-dealkylation sites (tertiary alicyclic amines) is 1. The van der Waals surface area contributed by atoms with Gasteiger partial charge in [0.25, 0.3) is 0 Å². The van der Waals surface area contributed by atoms with E-state index in [4.69, 9.17) is 9.90 Å². The average Bonchev–Trinajstić information content (AvgIpc) is 2.97. The number of carboxylic acid groups (broad SMARTS) is 2. The summed E-state index contributed by atoms with van der Waals surface area (Å²) >= 11 is 0. The van der Waals surface area contributed by atoms with Crippen molar-refractivity contribution < 1.29 is 33.0 Å². The Morgan fingerprint density at radius 2 is 1.77 bits per heavy atom. The number of aromatic nitrogens is 2. The molecule has 1 saturated heterocycles. The number of carboxylic acids is 2. The smallest absolute Gasteiger partial charge is 0.481 e. The fraction of sp³-hybridized carbons (Fsp3) is 0.406. The van der Waals surface area contributed by atoms with Gasteiger partial charge in [0.05, 0.1) is 17.6 Å². The van der Waals surface area contributed by atoms with E-state index in [0.29, 0.717) is 23.9 Å². The molecule has 3 aromatic rings. The minimum atomic E-state index is -5.08. The molecule has 0 amide bonds. The summed E-state index contributed by atoms with van der Waals surface area (Å²) in [5.74, 6) is -2.65. The SMILES string of the molecule is CCc1c(CN2CCCC(C(=O)O)C2)cccc1-c1cnc(-c2ccc(CC(C)C)c(C#N)c2)nc1.O=C(O)C(F)(F)F. The molecule has 0 radical (unpaired) electrons. The number of carbonyl (C=O) groups is 2. The van der Waals surface area contributed by atoms with Gasteiger partial charge >= 0.3 is 18.1 Å². The van der Waals surface area contributed by atoms with Crippen molar-refractivity contribution in [2.75, 3.05) is 13.1 Å². The van der Waals surface area contributed by atoms with Crippen molar-refractivity contribution in [3.63, 3.8) is 0 Å². The number of hydrogen-bond acceptors (Lipinski definition) is 6. The predicted molar refractivity (Wildman–Crippen MR) is 155 cm³/mol. The Kier molecular flexibility index (Phi) is 11.4. The summed E-state index contributed by atoms with van der Waals surface area (Å²) in [4.78, 5) is 31.9. The van der Waals surface area contributed by atoms with Gasteiger partial charge in [-0.1, -0.05) is 51.1 Å². The van der Waals surface area contributed by atoms with Crippen molar-refractivity contribution in [3.8, 4) is 28.6 Å². The molecule has 1 aliphatic rings. The Morgan fingerprint density at radius 1 is 1.09 bits per heavy atom. The number of halogens is 3. The standard InChI is InChI=1S/C30H34N4O2.C2HF3O2/c1-4-27-23(18-34-12-6-8-24(19-34)30(35)36)7-5-9-28(27)26-16-32-29(33-17-26)22-11-10-21(13-20(2)3)25(14-22)15-31;3-2(4,5)1(6)7/h5,7,9-11,14,16-17,20,24H,4,6,8,12-13,18-19H2,1-3H3,(H,35,36);(H,6,7). The largest absolute Gasteiger partial charge is 0.490 e. The fourth-order valence-electron chi connectivity index (χ4n) is 5.17. The second-order valence-electron chi connectivity index (χ2n) is 10.9. The molecule has 1 aliphatic heterocycles. The molecular formula is C32H35F3N4O4. The van der Waals surface area contributed by atoms with Crippen molar-refractivity contribution in [1.82, 2.24) is 14.9 Å². The molecule has 11 heteroatoms. The van der Waals surface area contributed by atoms with Gasteiger partial charge in [-0.25, -0.2) is 14.8 Å². The van der Waals surface area contributed by atoms with Gasteiger partial charge in [-0.3, -0.25) is 9.69 Å². The van der Waals surface area contributed by atoms with Crippen molar-refractivity contribution >= 4 is 11.9 Å². The molecule has 1 unspecified atom stereocenters. The molecule has 4 rings (SSSR count). The molecule has 1 fully saturated rings. The average molecular weight is 597 g/mol. The van der Waals surface area contributed by atoms with E-state index >= 15 is 0 Å². The van der Waals surface area contributed by atoms with Crippen LogP contribution >= 0.6 is 0 Å². The molecule has 0 spiro atoms. The Balaban J connectivity index is 0.000000646. The van der Waals surface area contributed by atoms with E-state index in [1.54, 1.807) is 0 Å². The Labute approximate surface area is 248 Å². The van der Waals surface area contributed by atoms with Crippen LogP contribution in [0.1, 0.15) is 55.9 Å². The second-order valence-corrected chi connectivity index (χ2v) is 10.9. The number of aliphatic carboxylic acids is 2. The maximum absolute atomic E-state index is 11.5. The third-order valence-corrected chi connectivity index (χ3v) is 7.20. The first kappa shape index (κ1) is 33.2. The maximum Gasteiger partial charge on any atom is 0.490 e. The topological polar surface area (TPSA) is 127 Å². The van der Waals surface area contributed by atoms with Gasteiger partial charge in [-0.15, -0.1) is 0 Å². The monoisotopic (exact) mass is 596 g/mol. The van der Waals surface area contributed by atoms with E-state index in [0.717, 1.165) is 61.0 Å². The highest BCUT2D eigenvalue weighted by atomic mass is 19.4. The first-order chi connectivity index (χ1) is 20.3. The van der Waals surface area contributed by atoms with Crippen molar-refractivity contribution in [1.29, 1.82) is 5.26 Å². The van der Waals surface area contributed by atoms with Crippen molar-refractivity contribution in [2.45, 2.75) is 59.2 Å². The number of benzene rings is 2. The van der Waals surface area contributed by atoms with Crippen LogP contribution in [-0.4, -0.2) is 56.3 Å². The summed E-state index contributed by atoms with van der Waals surface area (Å²) < 4.78 is 31.7. The summed E-state index contributed by atoms with van der Waals surface area (Å²) in [6.07, 6.45) is 2.04. The van der Waals surface area contributed by atoms with Crippen LogP contribution in [0.25, 0.3) is 22.5 Å². The summed E-state index contributed by atoms with van der Waals surface area (Å²) in [5.41, 5.74) is 7.11. The first-order valence-corrected chi connectivity index (χ1v) is 14.1. The number of alkyl halides is 3. The van der Waals surface area contributed by atoms with Crippen LogP contribution in [0.5, 0.6) is 0 Å². The third kappa shape index (κ3) is 9.09. The molecule has 228 valence electrons. The molecule has 8 nitrogen and oxygen atoms in total. The van der Waals surface area contributed by atoms with Gasteiger partial charge in [0.1, 0.15) is 0 Å². The lowest BCUT2D eigenvalue weighted by Gasteiger charge is -2.31. The molecule has 43 heavy (non-hydrogen) atoms. The lowest BCUT2D eigenvalue weighted by molar-refractivity contribution is -0.192. The van der Waals surface area contributed by atoms with E-state index < -0.39 is 18.1 Å². The van der Waals surface area contributed by atoms with Crippen LogP contribution in [-0.2, 0) is 29.0 Å². The second kappa shape index (κ2) is 14.7.